The molecule has 3 nitrogen and oxygen atoms in total. The van der Waals surface area contributed by atoms with Gasteiger partial charge in [-0.3, -0.25) is 0 Å². The van der Waals surface area contributed by atoms with E-state index >= 15 is 0 Å². The SMILES string of the molecule is C=C(c1ccc(C)cc1)N1CCN(c2ncc(CC)cc2C)CC1. The van der Waals surface area contributed by atoms with Crippen LogP contribution in [0.25, 0.3) is 5.70 Å². The molecular formula is C21H27N3. The zero-order valence-corrected chi connectivity index (χ0v) is 15.0. The van der Waals surface area contributed by atoms with Crippen molar-refractivity contribution in [3.63, 3.8) is 0 Å². The molecular weight excluding hydrogens is 294 g/mol. The zero-order valence-electron chi connectivity index (χ0n) is 15.0. The van der Waals surface area contributed by atoms with Crippen molar-refractivity contribution in [2.75, 3.05) is 31.1 Å². The average molecular weight is 321 g/mol. The lowest BCUT2D eigenvalue weighted by atomic mass is 10.1. The zero-order chi connectivity index (χ0) is 17.1. The molecule has 0 atom stereocenters. The summed E-state index contributed by atoms with van der Waals surface area (Å²) in [5, 5.41) is 0. The van der Waals surface area contributed by atoms with Crippen LogP contribution in [-0.2, 0) is 6.42 Å². The van der Waals surface area contributed by atoms with E-state index in [1.807, 2.05) is 6.20 Å². The summed E-state index contributed by atoms with van der Waals surface area (Å²) >= 11 is 0. The Morgan fingerprint density at radius 1 is 1.08 bits per heavy atom. The molecule has 0 aliphatic carbocycles. The molecule has 0 saturated carbocycles. The van der Waals surface area contributed by atoms with Crippen LogP contribution in [0.15, 0.2) is 43.1 Å². The third kappa shape index (κ3) is 3.45. The lowest BCUT2D eigenvalue weighted by molar-refractivity contribution is 0.366. The van der Waals surface area contributed by atoms with Gasteiger partial charge in [0.2, 0.25) is 0 Å². The minimum Gasteiger partial charge on any atom is -0.368 e. The third-order valence-corrected chi connectivity index (χ3v) is 4.86. The fourth-order valence-corrected chi connectivity index (χ4v) is 3.27. The Labute approximate surface area is 145 Å². The summed E-state index contributed by atoms with van der Waals surface area (Å²) < 4.78 is 0. The van der Waals surface area contributed by atoms with Crippen molar-refractivity contribution in [3.05, 3.63) is 65.4 Å². The quantitative estimate of drug-likeness (QED) is 0.847. The third-order valence-electron chi connectivity index (χ3n) is 4.86. The van der Waals surface area contributed by atoms with Gasteiger partial charge in [0.25, 0.3) is 0 Å². The highest BCUT2D eigenvalue weighted by molar-refractivity contribution is 5.62. The average Bonchev–Trinajstić information content (AvgIpc) is 2.62. The van der Waals surface area contributed by atoms with Gasteiger partial charge in [-0.25, -0.2) is 4.98 Å². The van der Waals surface area contributed by atoms with Crippen molar-refractivity contribution in [2.45, 2.75) is 27.2 Å². The summed E-state index contributed by atoms with van der Waals surface area (Å²) in [5.74, 6) is 1.13. The van der Waals surface area contributed by atoms with Gasteiger partial charge in [0, 0.05) is 38.1 Å². The number of hydrogen-bond donors (Lipinski definition) is 0. The Balaban J connectivity index is 1.65. The van der Waals surface area contributed by atoms with E-state index in [2.05, 4.69) is 67.5 Å². The highest BCUT2D eigenvalue weighted by atomic mass is 15.3. The van der Waals surface area contributed by atoms with E-state index < -0.39 is 0 Å². The highest BCUT2D eigenvalue weighted by Crippen LogP contribution is 2.23. The first-order chi connectivity index (χ1) is 11.6. The first-order valence-corrected chi connectivity index (χ1v) is 8.80. The van der Waals surface area contributed by atoms with Crippen LogP contribution in [0.5, 0.6) is 0 Å². The Morgan fingerprint density at radius 2 is 1.75 bits per heavy atom. The monoisotopic (exact) mass is 321 g/mol. The topological polar surface area (TPSA) is 19.4 Å². The number of benzene rings is 1. The molecule has 0 unspecified atom stereocenters. The van der Waals surface area contributed by atoms with Crippen molar-refractivity contribution >= 4 is 11.5 Å². The summed E-state index contributed by atoms with van der Waals surface area (Å²) in [6.07, 6.45) is 3.05. The van der Waals surface area contributed by atoms with E-state index in [4.69, 9.17) is 4.98 Å². The number of aryl methyl sites for hydroxylation is 3. The molecule has 1 aliphatic rings. The smallest absolute Gasteiger partial charge is 0.131 e. The molecule has 1 saturated heterocycles. The van der Waals surface area contributed by atoms with Gasteiger partial charge >= 0.3 is 0 Å². The number of anilines is 1. The van der Waals surface area contributed by atoms with E-state index in [1.54, 1.807) is 0 Å². The molecule has 126 valence electrons. The Kier molecular flexibility index (Phi) is 4.89. The van der Waals surface area contributed by atoms with Crippen LogP contribution in [0.4, 0.5) is 5.82 Å². The minimum atomic E-state index is 0.989. The van der Waals surface area contributed by atoms with Gasteiger partial charge in [-0.15, -0.1) is 0 Å². The lowest BCUT2D eigenvalue weighted by Gasteiger charge is -2.38. The van der Waals surface area contributed by atoms with Crippen molar-refractivity contribution in [2.24, 2.45) is 0 Å². The number of pyridine rings is 1. The van der Waals surface area contributed by atoms with Crippen molar-refractivity contribution < 1.29 is 0 Å². The van der Waals surface area contributed by atoms with Gasteiger partial charge < -0.3 is 9.80 Å². The largest absolute Gasteiger partial charge is 0.368 e. The Morgan fingerprint density at radius 3 is 2.33 bits per heavy atom. The summed E-state index contributed by atoms with van der Waals surface area (Å²) in [5.41, 5.74) is 6.22. The molecule has 0 amide bonds. The molecule has 24 heavy (non-hydrogen) atoms. The van der Waals surface area contributed by atoms with Crippen LogP contribution < -0.4 is 4.90 Å². The van der Waals surface area contributed by atoms with E-state index in [0.717, 1.165) is 44.1 Å². The lowest BCUT2D eigenvalue weighted by Crippen LogP contribution is -2.45. The highest BCUT2D eigenvalue weighted by Gasteiger charge is 2.20. The molecule has 2 heterocycles. The maximum Gasteiger partial charge on any atom is 0.131 e. The van der Waals surface area contributed by atoms with Crippen LogP contribution in [0.2, 0.25) is 0 Å². The minimum absolute atomic E-state index is 0.989. The maximum absolute atomic E-state index is 4.70. The van der Waals surface area contributed by atoms with Gasteiger partial charge in [-0.1, -0.05) is 49.4 Å². The van der Waals surface area contributed by atoms with Crippen LogP contribution >= 0.6 is 0 Å². The molecule has 2 aromatic rings. The Hall–Kier alpha value is -2.29. The molecule has 1 aromatic heterocycles. The summed E-state index contributed by atoms with van der Waals surface area (Å²) in [4.78, 5) is 9.48. The predicted molar refractivity (Wildman–Crippen MR) is 102 cm³/mol. The second-order valence-corrected chi connectivity index (χ2v) is 6.62. The van der Waals surface area contributed by atoms with Crippen LogP contribution in [-0.4, -0.2) is 36.1 Å². The first-order valence-electron chi connectivity index (χ1n) is 8.80. The number of aromatic nitrogens is 1. The van der Waals surface area contributed by atoms with Crippen LogP contribution in [0, 0.1) is 13.8 Å². The molecule has 0 spiro atoms. The molecule has 1 aromatic carbocycles. The number of hydrogen-bond acceptors (Lipinski definition) is 3. The van der Waals surface area contributed by atoms with Gasteiger partial charge in [0.15, 0.2) is 0 Å². The normalized spacial score (nSPS) is 14.8. The summed E-state index contributed by atoms with van der Waals surface area (Å²) in [6, 6.07) is 10.9. The van der Waals surface area contributed by atoms with E-state index in [9.17, 15) is 0 Å². The predicted octanol–water partition coefficient (Wildman–Crippen LogP) is 4.05. The van der Waals surface area contributed by atoms with Crippen LogP contribution in [0.1, 0.15) is 29.2 Å². The van der Waals surface area contributed by atoms with Crippen molar-refractivity contribution in [1.82, 2.24) is 9.88 Å². The summed E-state index contributed by atoms with van der Waals surface area (Å²) in [6.45, 7) is 14.7. The fourth-order valence-electron chi connectivity index (χ4n) is 3.27. The van der Waals surface area contributed by atoms with E-state index in [0.29, 0.717) is 0 Å². The second kappa shape index (κ2) is 7.08. The fraction of sp³-hybridized carbons (Fsp3) is 0.381. The molecule has 1 fully saturated rings. The number of nitrogens with zero attached hydrogens (tertiary/aromatic N) is 3. The van der Waals surface area contributed by atoms with E-state index in [-0.39, 0.29) is 0 Å². The summed E-state index contributed by atoms with van der Waals surface area (Å²) in [7, 11) is 0. The van der Waals surface area contributed by atoms with Crippen molar-refractivity contribution in [3.8, 4) is 0 Å². The van der Waals surface area contributed by atoms with Gasteiger partial charge in [0.1, 0.15) is 5.82 Å². The standard InChI is InChI=1S/C21H27N3/c1-5-19-14-17(3)21(22-15-19)24-12-10-23(11-13-24)18(4)20-8-6-16(2)7-9-20/h6-9,14-15H,4-5,10-13H2,1-3H3. The second-order valence-electron chi connectivity index (χ2n) is 6.62. The maximum atomic E-state index is 4.70. The first kappa shape index (κ1) is 16.6. The van der Waals surface area contributed by atoms with Crippen molar-refractivity contribution in [1.29, 1.82) is 0 Å². The van der Waals surface area contributed by atoms with Gasteiger partial charge in [-0.05, 0) is 37.0 Å². The Bertz CT molecular complexity index is 710. The van der Waals surface area contributed by atoms with Gasteiger partial charge in [0.05, 0.1) is 0 Å². The number of rotatable bonds is 4. The van der Waals surface area contributed by atoms with Gasteiger partial charge in [-0.2, -0.15) is 0 Å². The molecule has 3 heteroatoms. The molecule has 0 bridgehead atoms. The molecule has 1 aliphatic heterocycles. The molecule has 0 N–H and O–H groups in total. The molecule has 3 rings (SSSR count). The molecule has 0 radical (unpaired) electrons. The van der Waals surface area contributed by atoms with Crippen LogP contribution in [0.3, 0.4) is 0 Å². The van der Waals surface area contributed by atoms with E-state index in [1.165, 1.54) is 22.3 Å². The number of piperazine rings is 1.